The van der Waals surface area contributed by atoms with E-state index in [-0.39, 0.29) is 0 Å². The number of hydrogen-bond donors (Lipinski definition) is 1. The van der Waals surface area contributed by atoms with E-state index in [0.717, 1.165) is 12.4 Å². The molecule has 1 atom stereocenters. The Bertz CT molecular complexity index is 299. The zero-order valence-electron chi connectivity index (χ0n) is 7.77. The van der Waals surface area contributed by atoms with Gasteiger partial charge in [0, 0.05) is 18.8 Å². The molecule has 4 heteroatoms. The summed E-state index contributed by atoms with van der Waals surface area (Å²) in [5.41, 5.74) is 5.52. The molecule has 2 N–H and O–H groups in total. The van der Waals surface area contributed by atoms with E-state index in [4.69, 9.17) is 5.73 Å². The average molecular weight is 178 g/mol. The molecule has 4 nitrogen and oxygen atoms in total. The summed E-state index contributed by atoms with van der Waals surface area (Å²) in [5.74, 6) is 1.31. The van der Waals surface area contributed by atoms with Gasteiger partial charge in [0.1, 0.15) is 5.82 Å². The predicted octanol–water partition coefficient (Wildman–Crippen LogP) is 1.05. The molecule has 0 saturated carbocycles. The van der Waals surface area contributed by atoms with E-state index >= 15 is 0 Å². The van der Waals surface area contributed by atoms with Crippen LogP contribution in [0, 0.1) is 0 Å². The summed E-state index contributed by atoms with van der Waals surface area (Å²) in [6, 6.07) is 2.49. The fourth-order valence-electron chi connectivity index (χ4n) is 1.80. The lowest BCUT2D eigenvalue weighted by Crippen LogP contribution is -2.27. The highest BCUT2D eigenvalue weighted by Crippen LogP contribution is 2.22. The molecule has 2 rings (SSSR count). The second-order valence-corrected chi connectivity index (χ2v) is 3.46. The molecule has 0 amide bonds. The van der Waals surface area contributed by atoms with E-state index in [1.807, 2.05) is 6.07 Å². The molecule has 70 valence electrons. The average Bonchev–Trinajstić information content (AvgIpc) is 2.51. The summed E-state index contributed by atoms with van der Waals surface area (Å²) >= 11 is 0. The molecule has 1 aromatic heterocycles. The number of nitrogen functional groups attached to an aromatic ring is 1. The molecule has 1 fully saturated rings. The van der Waals surface area contributed by atoms with Crippen molar-refractivity contribution in [3.63, 3.8) is 0 Å². The zero-order valence-corrected chi connectivity index (χ0v) is 7.77. The van der Waals surface area contributed by atoms with Crippen molar-refractivity contribution < 1.29 is 0 Å². The van der Waals surface area contributed by atoms with Crippen molar-refractivity contribution in [3.05, 3.63) is 12.3 Å². The fourth-order valence-corrected chi connectivity index (χ4v) is 1.80. The highest BCUT2D eigenvalue weighted by Gasteiger charge is 2.21. The van der Waals surface area contributed by atoms with Crippen molar-refractivity contribution in [1.29, 1.82) is 0 Å². The molecule has 1 unspecified atom stereocenters. The largest absolute Gasteiger partial charge is 0.368 e. The Morgan fingerprint density at radius 3 is 3.08 bits per heavy atom. The molecular formula is C9H14N4. The molecular weight excluding hydrogens is 164 g/mol. The van der Waals surface area contributed by atoms with Crippen LogP contribution in [0.15, 0.2) is 12.3 Å². The lowest BCUT2D eigenvalue weighted by Gasteiger charge is -2.22. The van der Waals surface area contributed by atoms with Gasteiger partial charge in [-0.25, -0.2) is 4.98 Å². The number of nitrogens with zero attached hydrogens (tertiary/aromatic N) is 3. The quantitative estimate of drug-likeness (QED) is 0.698. The molecule has 0 aromatic carbocycles. The van der Waals surface area contributed by atoms with Crippen LogP contribution in [-0.4, -0.2) is 22.6 Å². The number of nitrogens with two attached hydrogens (primary N) is 1. The number of anilines is 2. The molecule has 0 spiro atoms. The Morgan fingerprint density at radius 1 is 1.62 bits per heavy atom. The van der Waals surface area contributed by atoms with Crippen molar-refractivity contribution >= 4 is 11.8 Å². The van der Waals surface area contributed by atoms with Gasteiger partial charge in [-0.2, -0.15) is 4.98 Å². The Balaban J connectivity index is 2.24. The fraction of sp³-hybridized carbons (Fsp3) is 0.556. The molecule has 13 heavy (non-hydrogen) atoms. The first-order valence-corrected chi connectivity index (χ1v) is 4.62. The Morgan fingerprint density at radius 2 is 2.46 bits per heavy atom. The molecule has 0 bridgehead atoms. The van der Waals surface area contributed by atoms with Crippen LogP contribution < -0.4 is 10.6 Å². The minimum Gasteiger partial charge on any atom is -0.368 e. The van der Waals surface area contributed by atoms with E-state index in [1.165, 1.54) is 12.8 Å². The lowest BCUT2D eigenvalue weighted by molar-refractivity contribution is 0.726. The van der Waals surface area contributed by atoms with Crippen LogP contribution in [0.25, 0.3) is 0 Å². The number of rotatable bonds is 1. The zero-order chi connectivity index (χ0) is 9.26. The summed E-state index contributed by atoms with van der Waals surface area (Å²) in [4.78, 5) is 10.4. The highest BCUT2D eigenvalue weighted by atomic mass is 15.2. The van der Waals surface area contributed by atoms with Gasteiger partial charge in [0.05, 0.1) is 0 Å². The second-order valence-electron chi connectivity index (χ2n) is 3.46. The van der Waals surface area contributed by atoms with Gasteiger partial charge < -0.3 is 10.6 Å². The van der Waals surface area contributed by atoms with Gasteiger partial charge in [0.25, 0.3) is 0 Å². The molecule has 0 radical (unpaired) electrons. The van der Waals surface area contributed by atoms with Crippen molar-refractivity contribution in [3.8, 4) is 0 Å². The first kappa shape index (κ1) is 8.29. The lowest BCUT2D eigenvalue weighted by atomic mass is 10.2. The van der Waals surface area contributed by atoms with Gasteiger partial charge in [-0.15, -0.1) is 0 Å². The minimum atomic E-state index is 0.358. The molecule has 2 heterocycles. The Labute approximate surface area is 77.8 Å². The Hall–Kier alpha value is -1.32. The van der Waals surface area contributed by atoms with E-state index in [9.17, 15) is 0 Å². The minimum absolute atomic E-state index is 0.358. The van der Waals surface area contributed by atoms with Crippen LogP contribution in [0.3, 0.4) is 0 Å². The maximum atomic E-state index is 5.52. The van der Waals surface area contributed by atoms with Crippen LogP contribution in [0.5, 0.6) is 0 Å². The third-order valence-corrected chi connectivity index (χ3v) is 2.51. The van der Waals surface area contributed by atoms with Gasteiger partial charge in [-0.1, -0.05) is 0 Å². The molecule has 0 aliphatic carbocycles. The number of hydrogen-bond acceptors (Lipinski definition) is 4. The summed E-state index contributed by atoms with van der Waals surface area (Å²) in [7, 11) is 0. The van der Waals surface area contributed by atoms with E-state index in [0.29, 0.717) is 12.0 Å². The predicted molar refractivity (Wildman–Crippen MR) is 52.5 cm³/mol. The van der Waals surface area contributed by atoms with Crippen molar-refractivity contribution in [2.45, 2.75) is 25.8 Å². The SMILES string of the molecule is CC1CCCN1c1ccnc(N)n1. The van der Waals surface area contributed by atoms with Crippen LogP contribution in [0.1, 0.15) is 19.8 Å². The summed E-state index contributed by atoms with van der Waals surface area (Å²) < 4.78 is 0. The standard InChI is InChI=1S/C9H14N4/c1-7-3-2-6-13(7)8-4-5-11-9(10)12-8/h4-5,7H,2-3,6H2,1H3,(H2,10,11,12). The van der Waals surface area contributed by atoms with Crippen molar-refractivity contribution in [2.24, 2.45) is 0 Å². The topological polar surface area (TPSA) is 55.0 Å². The van der Waals surface area contributed by atoms with Gasteiger partial charge in [0.15, 0.2) is 0 Å². The van der Waals surface area contributed by atoms with Crippen molar-refractivity contribution in [1.82, 2.24) is 9.97 Å². The van der Waals surface area contributed by atoms with Gasteiger partial charge >= 0.3 is 0 Å². The monoisotopic (exact) mass is 178 g/mol. The maximum absolute atomic E-state index is 5.52. The van der Waals surface area contributed by atoms with Crippen LogP contribution in [-0.2, 0) is 0 Å². The Kier molecular flexibility index (Phi) is 2.04. The third kappa shape index (κ3) is 1.56. The van der Waals surface area contributed by atoms with E-state index in [1.54, 1.807) is 6.20 Å². The van der Waals surface area contributed by atoms with Crippen LogP contribution in [0.2, 0.25) is 0 Å². The van der Waals surface area contributed by atoms with Gasteiger partial charge in [-0.05, 0) is 25.8 Å². The van der Waals surface area contributed by atoms with E-state index < -0.39 is 0 Å². The molecule has 1 aliphatic rings. The maximum Gasteiger partial charge on any atom is 0.221 e. The molecule has 1 aliphatic heterocycles. The third-order valence-electron chi connectivity index (χ3n) is 2.51. The smallest absolute Gasteiger partial charge is 0.221 e. The summed E-state index contributed by atoms with van der Waals surface area (Å²) in [6.45, 7) is 3.29. The first-order valence-electron chi connectivity index (χ1n) is 4.62. The highest BCUT2D eigenvalue weighted by molar-refractivity contribution is 5.42. The number of aromatic nitrogens is 2. The van der Waals surface area contributed by atoms with Gasteiger partial charge in [-0.3, -0.25) is 0 Å². The van der Waals surface area contributed by atoms with Crippen molar-refractivity contribution in [2.75, 3.05) is 17.2 Å². The van der Waals surface area contributed by atoms with Gasteiger partial charge in [0.2, 0.25) is 5.95 Å². The van der Waals surface area contributed by atoms with E-state index in [2.05, 4.69) is 21.8 Å². The van der Waals surface area contributed by atoms with Crippen LogP contribution in [0.4, 0.5) is 11.8 Å². The van der Waals surface area contributed by atoms with Crippen LogP contribution >= 0.6 is 0 Å². The normalized spacial score (nSPS) is 22.2. The molecule has 1 aromatic rings. The summed E-state index contributed by atoms with van der Waals surface area (Å²) in [5, 5.41) is 0. The molecule has 1 saturated heterocycles. The summed E-state index contributed by atoms with van der Waals surface area (Å²) in [6.07, 6.45) is 4.19. The first-order chi connectivity index (χ1) is 6.27. The second kappa shape index (κ2) is 3.20.